The first kappa shape index (κ1) is 31.6. The van der Waals surface area contributed by atoms with Crippen LogP contribution in [0.3, 0.4) is 0 Å². The summed E-state index contributed by atoms with van der Waals surface area (Å²) in [7, 11) is 0. The molecule has 44 heavy (non-hydrogen) atoms. The first-order valence-corrected chi connectivity index (χ1v) is 16.0. The fraction of sp³-hybridized carbons (Fsp3) is 0.545. The maximum atomic E-state index is 14.3. The van der Waals surface area contributed by atoms with E-state index in [0.717, 1.165) is 31.2 Å². The SMILES string of the molecule is CCN[C@@H](CC)C(=O)N[C@H](C(=O)N1CCC[C@H]1CN(CCc1ccccc1)C(=O)c1cn2cccnc2n1)C1CCOCC1. The molecule has 0 radical (unpaired) electrons. The molecule has 5 rings (SSSR count). The predicted octanol–water partition coefficient (Wildman–Crippen LogP) is 2.70. The summed E-state index contributed by atoms with van der Waals surface area (Å²) >= 11 is 0. The average molecular weight is 604 g/mol. The lowest BCUT2D eigenvalue weighted by molar-refractivity contribution is -0.140. The largest absolute Gasteiger partial charge is 0.381 e. The van der Waals surface area contributed by atoms with Gasteiger partial charge in [-0.1, -0.05) is 44.2 Å². The first-order chi connectivity index (χ1) is 21.5. The number of likely N-dealkylation sites (N-methyl/N-ethyl adjacent to an activating group) is 1. The Morgan fingerprint density at radius 2 is 1.89 bits per heavy atom. The Bertz CT molecular complexity index is 1360. The molecule has 2 aromatic heterocycles. The summed E-state index contributed by atoms with van der Waals surface area (Å²) in [5.41, 5.74) is 1.46. The van der Waals surface area contributed by atoms with Gasteiger partial charge in [-0.3, -0.25) is 18.8 Å². The normalized spacial score (nSPS) is 18.7. The number of carbonyl (C=O) groups is 3. The van der Waals surface area contributed by atoms with Crippen LogP contribution in [0.25, 0.3) is 5.78 Å². The molecule has 0 saturated carbocycles. The van der Waals surface area contributed by atoms with Crippen molar-refractivity contribution < 1.29 is 19.1 Å². The van der Waals surface area contributed by atoms with Crippen molar-refractivity contribution >= 4 is 23.5 Å². The zero-order chi connectivity index (χ0) is 30.9. The van der Waals surface area contributed by atoms with E-state index < -0.39 is 6.04 Å². The zero-order valence-corrected chi connectivity index (χ0v) is 25.9. The fourth-order valence-electron chi connectivity index (χ4n) is 6.38. The highest BCUT2D eigenvalue weighted by atomic mass is 16.5. The number of fused-ring (bicyclic) bond motifs is 1. The third-order valence-electron chi connectivity index (χ3n) is 8.82. The lowest BCUT2D eigenvalue weighted by Crippen LogP contribution is -2.58. The minimum absolute atomic E-state index is 0.00173. The van der Waals surface area contributed by atoms with Crippen LogP contribution < -0.4 is 10.6 Å². The van der Waals surface area contributed by atoms with Gasteiger partial charge in [-0.05, 0) is 62.6 Å². The minimum Gasteiger partial charge on any atom is -0.381 e. The molecular weight excluding hydrogens is 558 g/mol. The van der Waals surface area contributed by atoms with E-state index in [-0.39, 0.29) is 35.7 Å². The monoisotopic (exact) mass is 603 g/mol. The van der Waals surface area contributed by atoms with E-state index in [1.807, 2.05) is 48.0 Å². The van der Waals surface area contributed by atoms with Crippen LogP contribution in [-0.4, -0.2) is 99.4 Å². The van der Waals surface area contributed by atoms with Crippen LogP contribution in [0.1, 0.15) is 62.0 Å². The van der Waals surface area contributed by atoms with Crippen molar-refractivity contribution in [1.82, 2.24) is 34.8 Å². The number of nitrogens with one attached hydrogen (secondary N) is 2. The van der Waals surface area contributed by atoms with Crippen molar-refractivity contribution in [2.45, 2.75) is 70.5 Å². The van der Waals surface area contributed by atoms with Crippen molar-refractivity contribution in [3.8, 4) is 0 Å². The van der Waals surface area contributed by atoms with Gasteiger partial charge < -0.3 is 25.2 Å². The van der Waals surface area contributed by atoms with E-state index in [1.165, 1.54) is 0 Å². The molecular formula is C33H45N7O4. The molecule has 3 aromatic rings. The quantitative estimate of drug-likeness (QED) is 0.308. The van der Waals surface area contributed by atoms with E-state index in [9.17, 15) is 14.4 Å². The molecule has 2 aliphatic rings. The van der Waals surface area contributed by atoms with E-state index >= 15 is 0 Å². The van der Waals surface area contributed by atoms with E-state index in [1.54, 1.807) is 22.9 Å². The summed E-state index contributed by atoms with van der Waals surface area (Å²) in [4.78, 5) is 54.0. The standard InChI is InChI=1S/C33H45N7O4/c1-3-27(34-4-2)30(41)37-29(25-14-20-44-21-15-25)32(43)40-18-8-12-26(40)22-38(19-13-24-10-6-5-7-11-24)31(42)28-23-39-17-9-16-35-33(39)36-28/h5-7,9-11,16-17,23,25-27,29,34H,3-4,8,12-15,18-22H2,1-2H3,(H,37,41)/t26-,27-,29-/m0/s1. The second kappa shape index (κ2) is 15.3. The Kier molecular flexibility index (Phi) is 11.0. The van der Waals surface area contributed by atoms with Gasteiger partial charge in [-0.25, -0.2) is 9.97 Å². The number of imidazole rings is 1. The fourth-order valence-corrected chi connectivity index (χ4v) is 6.38. The molecule has 236 valence electrons. The Hall–Kier alpha value is -3.83. The van der Waals surface area contributed by atoms with Crippen molar-refractivity contribution in [1.29, 1.82) is 0 Å². The van der Waals surface area contributed by atoms with Gasteiger partial charge in [0.2, 0.25) is 17.6 Å². The molecule has 2 aliphatic heterocycles. The highest BCUT2D eigenvalue weighted by molar-refractivity contribution is 5.93. The lowest BCUT2D eigenvalue weighted by Gasteiger charge is -2.37. The number of hydrogen-bond donors (Lipinski definition) is 2. The third-order valence-corrected chi connectivity index (χ3v) is 8.82. The molecule has 1 aromatic carbocycles. The summed E-state index contributed by atoms with van der Waals surface area (Å²) in [6, 6.07) is 10.7. The van der Waals surface area contributed by atoms with Crippen molar-refractivity contribution in [3.63, 3.8) is 0 Å². The molecule has 3 atom stereocenters. The van der Waals surface area contributed by atoms with E-state index in [4.69, 9.17) is 4.74 Å². The van der Waals surface area contributed by atoms with Crippen LogP contribution in [0.2, 0.25) is 0 Å². The highest BCUT2D eigenvalue weighted by Gasteiger charge is 2.40. The van der Waals surface area contributed by atoms with Gasteiger partial charge in [0.05, 0.1) is 6.04 Å². The second-order valence-electron chi connectivity index (χ2n) is 11.7. The van der Waals surface area contributed by atoms with Gasteiger partial charge in [0.15, 0.2) is 0 Å². The number of benzene rings is 1. The van der Waals surface area contributed by atoms with Crippen molar-refractivity contribution in [2.24, 2.45) is 5.92 Å². The maximum absolute atomic E-state index is 14.3. The predicted molar refractivity (Wildman–Crippen MR) is 167 cm³/mol. The molecule has 0 bridgehead atoms. The van der Waals surface area contributed by atoms with Gasteiger partial charge in [-0.15, -0.1) is 0 Å². The molecule has 0 spiro atoms. The molecule has 3 amide bonds. The minimum atomic E-state index is -0.627. The van der Waals surface area contributed by atoms with Crippen LogP contribution in [0, 0.1) is 5.92 Å². The first-order valence-electron chi connectivity index (χ1n) is 16.0. The molecule has 4 heterocycles. The molecule has 2 fully saturated rings. The third kappa shape index (κ3) is 7.62. The zero-order valence-electron chi connectivity index (χ0n) is 25.9. The average Bonchev–Trinajstić information content (AvgIpc) is 3.72. The number of amides is 3. The van der Waals surface area contributed by atoms with Gasteiger partial charge in [0.1, 0.15) is 11.7 Å². The number of likely N-dealkylation sites (tertiary alicyclic amines) is 1. The number of aromatic nitrogens is 3. The summed E-state index contributed by atoms with van der Waals surface area (Å²) in [5, 5.41) is 6.37. The highest BCUT2D eigenvalue weighted by Crippen LogP contribution is 2.26. The van der Waals surface area contributed by atoms with Gasteiger partial charge in [-0.2, -0.15) is 0 Å². The number of carbonyl (C=O) groups excluding carboxylic acids is 3. The number of hydrogen-bond acceptors (Lipinski definition) is 7. The van der Waals surface area contributed by atoms with Gasteiger partial charge in [0, 0.05) is 57.5 Å². The van der Waals surface area contributed by atoms with Gasteiger partial charge >= 0.3 is 0 Å². The van der Waals surface area contributed by atoms with Gasteiger partial charge in [0.25, 0.3) is 5.91 Å². The van der Waals surface area contributed by atoms with Crippen molar-refractivity contribution in [3.05, 3.63) is 66.2 Å². The molecule has 2 N–H and O–H groups in total. The van der Waals surface area contributed by atoms with Crippen LogP contribution in [0.4, 0.5) is 0 Å². The summed E-state index contributed by atoms with van der Waals surface area (Å²) < 4.78 is 7.33. The van der Waals surface area contributed by atoms with E-state index in [0.29, 0.717) is 63.7 Å². The van der Waals surface area contributed by atoms with Crippen LogP contribution in [-0.2, 0) is 20.7 Å². The summed E-state index contributed by atoms with van der Waals surface area (Å²) in [6.07, 6.45) is 9.58. The molecule has 11 heteroatoms. The maximum Gasteiger partial charge on any atom is 0.274 e. The molecule has 0 aliphatic carbocycles. The lowest BCUT2D eigenvalue weighted by atomic mass is 9.90. The number of nitrogens with zero attached hydrogens (tertiary/aromatic N) is 5. The molecule has 2 saturated heterocycles. The van der Waals surface area contributed by atoms with Crippen molar-refractivity contribution in [2.75, 3.05) is 39.4 Å². The van der Waals surface area contributed by atoms with Crippen LogP contribution >= 0.6 is 0 Å². The molecule has 11 nitrogen and oxygen atoms in total. The second-order valence-corrected chi connectivity index (χ2v) is 11.7. The molecule has 0 unspecified atom stereocenters. The Labute approximate surface area is 259 Å². The number of ether oxygens (including phenoxy) is 1. The number of rotatable bonds is 13. The Balaban J connectivity index is 1.36. The Morgan fingerprint density at radius 3 is 2.61 bits per heavy atom. The summed E-state index contributed by atoms with van der Waals surface area (Å²) in [6.45, 7) is 7.25. The topological polar surface area (TPSA) is 121 Å². The summed E-state index contributed by atoms with van der Waals surface area (Å²) in [5.74, 6) is 0.0781. The van der Waals surface area contributed by atoms with Crippen LogP contribution in [0.5, 0.6) is 0 Å². The van der Waals surface area contributed by atoms with E-state index in [2.05, 4.69) is 32.7 Å². The van der Waals surface area contributed by atoms with Crippen LogP contribution in [0.15, 0.2) is 55.0 Å². The Morgan fingerprint density at radius 1 is 1.09 bits per heavy atom. The smallest absolute Gasteiger partial charge is 0.274 e.